The minimum atomic E-state index is 0.140. The van der Waals surface area contributed by atoms with Gasteiger partial charge < -0.3 is 5.32 Å². The van der Waals surface area contributed by atoms with Gasteiger partial charge in [-0.1, -0.05) is 6.92 Å². The third kappa shape index (κ3) is 3.13. The van der Waals surface area contributed by atoms with Crippen LogP contribution in [0.25, 0.3) is 0 Å². The van der Waals surface area contributed by atoms with E-state index in [2.05, 4.69) is 63.7 Å². The maximum absolute atomic E-state index is 4.50. The van der Waals surface area contributed by atoms with Crippen LogP contribution in [0.1, 0.15) is 55.5 Å². The molecule has 6 heteroatoms. The average molecular weight is 357 g/mol. The number of nitrogens with one attached hydrogen (secondary N) is 1. The summed E-state index contributed by atoms with van der Waals surface area (Å²) in [7, 11) is 0. The average Bonchev–Trinajstić information content (AvgIpc) is 2.98. The fourth-order valence-corrected chi connectivity index (χ4v) is 3.60. The van der Waals surface area contributed by atoms with Crippen LogP contribution in [0.4, 0.5) is 0 Å². The molecule has 4 nitrogen and oxygen atoms in total. The van der Waals surface area contributed by atoms with Crippen LogP contribution in [-0.4, -0.2) is 21.3 Å². The number of hydrogen-bond acceptors (Lipinski definition) is 4. The Kier molecular flexibility index (Phi) is 5.35. The van der Waals surface area contributed by atoms with Crippen LogP contribution in [-0.2, 0) is 0 Å². The van der Waals surface area contributed by atoms with Crippen LogP contribution >= 0.6 is 27.3 Å². The van der Waals surface area contributed by atoms with Gasteiger partial charge >= 0.3 is 0 Å². The standard InChI is InChI=1S/C14H21BrN4S/c1-5-6-16-12(14-10(4)17-8-20-14)13-11(15)7-18-19(13)9(2)3/h7-9,12,16H,5-6H2,1-4H3. The summed E-state index contributed by atoms with van der Waals surface area (Å²) in [5.41, 5.74) is 4.18. The van der Waals surface area contributed by atoms with Crippen molar-refractivity contribution in [3.05, 3.63) is 32.4 Å². The summed E-state index contributed by atoms with van der Waals surface area (Å²) in [6, 6.07) is 0.470. The summed E-state index contributed by atoms with van der Waals surface area (Å²) < 4.78 is 3.13. The summed E-state index contributed by atoms with van der Waals surface area (Å²) in [5, 5.41) is 8.13. The smallest absolute Gasteiger partial charge is 0.0872 e. The molecular formula is C14H21BrN4S. The van der Waals surface area contributed by atoms with Gasteiger partial charge in [-0.05, 0) is 49.7 Å². The van der Waals surface area contributed by atoms with E-state index in [1.807, 2.05) is 11.7 Å². The quantitative estimate of drug-likeness (QED) is 0.847. The van der Waals surface area contributed by atoms with Crippen molar-refractivity contribution in [3.8, 4) is 0 Å². The van der Waals surface area contributed by atoms with Gasteiger partial charge in [0, 0.05) is 6.04 Å². The van der Waals surface area contributed by atoms with Crippen molar-refractivity contribution < 1.29 is 0 Å². The van der Waals surface area contributed by atoms with Crippen molar-refractivity contribution in [1.29, 1.82) is 0 Å². The Morgan fingerprint density at radius 1 is 1.45 bits per heavy atom. The summed E-state index contributed by atoms with van der Waals surface area (Å²) >= 11 is 5.35. The molecule has 110 valence electrons. The number of rotatable bonds is 6. The minimum absolute atomic E-state index is 0.140. The third-order valence-corrected chi connectivity index (χ3v) is 4.80. The molecule has 0 aliphatic heterocycles. The fourth-order valence-electron chi connectivity index (χ4n) is 2.22. The van der Waals surface area contributed by atoms with Gasteiger partial charge in [-0.15, -0.1) is 11.3 Å². The molecule has 2 heterocycles. The first-order valence-corrected chi connectivity index (χ1v) is 8.59. The summed E-state index contributed by atoms with van der Waals surface area (Å²) in [4.78, 5) is 5.66. The Morgan fingerprint density at radius 3 is 2.75 bits per heavy atom. The molecule has 0 bridgehead atoms. The lowest BCUT2D eigenvalue weighted by atomic mass is 10.1. The number of aromatic nitrogens is 3. The van der Waals surface area contributed by atoms with Crippen LogP contribution in [0.15, 0.2) is 16.2 Å². The first kappa shape index (κ1) is 15.7. The highest BCUT2D eigenvalue weighted by atomic mass is 79.9. The van der Waals surface area contributed by atoms with Crippen molar-refractivity contribution in [3.63, 3.8) is 0 Å². The predicted molar refractivity (Wildman–Crippen MR) is 87.3 cm³/mol. The lowest BCUT2D eigenvalue weighted by Crippen LogP contribution is -2.26. The molecule has 0 aliphatic carbocycles. The summed E-state index contributed by atoms with van der Waals surface area (Å²) in [6.45, 7) is 9.52. The van der Waals surface area contributed by atoms with Gasteiger partial charge in [0.2, 0.25) is 0 Å². The Balaban J connectivity index is 2.46. The maximum Gasteiger partial charge on any atom is 0.0872 e. The zero-order valence-electron chi connectivity index (χ0n) is 12.4. The molecule has 0 saturated carbocycles. The van der Waals surface area contributed by atoms with Gasteiger partial charge in [-0.3, -0.25) is 4.68 Å². The van der Waals surface area contributed by atoms with E-state index in [1.165, 1.54) is 10.6 Å². The highest BCUT2D eigenvalue weighted by Gasteiger charge is 2.25. The third-order valence-electron chi connectivity index (χ3n) is 3.19. The minimum Gasteiger partial charge on any atom is -0.304 e. The highest BCUT2D eigenvalue weighted by Crippen LogP contribution is 2.33. The number of halogens is 1. The number of aryl methyl sites for hydroxylation is 1. The first-order valence-electron chi connectivity index (χ1n) is 6.92. The molecular weight excluding hydrogens is 336 g/mol. The molecule has 0 amide bonds. The van der Waals surface area contributed by atoms with Gasteiger partial charge in [0.1, 0.15) is 0 Å². The summed E-state index contributed by atoms with van der Waals surface area (Å²) in [5.74, 6) is 0. The zero-order valence-corrected chi connectivity index (χ0v) is 14.8. The molecule has 20 heavy (non-hydrogen) atoms. The number of hydrogen-bond donors (Lipinski definition) is 1. The van der Waals surface area contributed by atoms with E-state index in [0.29, 0.717) is 6.04 Å². The summed E-state index contributed by atoms with van der Waals surface area (Å²) in [6.07, 6.45) is 2.98. The van der Waals surface area contributed by atoms with Crippen molar-refractivity contribution in [2.45, 2.75) is 46.2 Å². The number of nitrogens with zero attached hydrogens (tertiary/aromatic N) is 3. The molecule has 0 aromatic carbocycles. The Morgan fingerprint density at radius 2 is 2.20 bits per heavy atom. The van der Waals surface area contributed by atoms with E-state index in [0.717, 1.165) is 23.1 Å². The van der Waals surface area contributed by atoms with Gasteiger partial charge in [-0.25, -0.2) is 4.98 Å². The van der Waals surface area contributed by atoms with E-state index >= 15 is 0 Å². The second-order valence-electron chi connectivity index (χ2n) is 5.11. The van der Waals surface area contributed by atoms with Crippen molar-refractivity contribution >= 4 is 27.3 Å². The van der Waals surface area contributed by atoms with E-state index in [9.17, 15) is 0 Å². The fraction of sp³-hybridized carbons (Fsp3) is 0.571. The van der Waals surface area contributed by atoms with Gasteiger partial charge in [0.25, 0.3) is 0 Å². The second kappa shape index (κ2) is 6.83. The molecule has 2 aromatic heterocycles. The Labute approximate surface area is 132 Å². The van der Waals surface area contributed by atoms with E-state index in [4.69, 9.17) is 0 Å². The Bertz CT molecular complexity index is 561. The molecule has 0 saturated heterocycles. The molecule has 0 radical (unpaired) electrons. The van der Waals surface area contributed by atoms with Crippen LogP contribution in [0.3, 0.4) is 0 Å². The first-order chi connectivity index (χ1) is 9.56. The van der Waals surface area contributed by atoms with Gasteiger partial charge in [-0.2, -0.15) is 5.10 Å². The van der Waals surface area contributed by atoms with Crippen LogP contribution in [0.5, 0.6) is 0 Å². The number of thiazole rings is 1. The maximum atomic E-state index is 4.50. The van der Waals surface area contributed by atoms with Gasteiger partial charge in [0.15, 0.2) is 0 Å². The molecule has 2 aromatic rings. The molecule has 0 spiro atoms. The highest BCUT2D eigenvalue weighted by molar-refractivity contribution is 9.10. The van der Waals surface area contributed by atoms with E-state index in [1.54, 1.807) is 11.3 Å². The molecule has 1 atom stereocenters. The van der Waals surface area contributed by atoms with E-state index < -0.39 is 0 Å². The molecule has 1 N–H and O–H groups in total. The second-order valence-corrected chi connectivity index (χ2v) is 6.85. The van der Waals surface area contributed by atoms with Crippen molar-refractivity contribution in [2.75, 3.05) is 6.54 Å². The SMILES string of the molecule is CCCNC(c1scnc1C)c1c(Br)cnn1C(C)C. The molecule has 0 fully saturated rings. The monoisotopic (exact) mass is 356 g/mol. The molecule has 1 unspecified atom stereocenters. The van der Waals surface area contributed by atoms with Crippen LogP contribution in [0, 0.1) is 6.92 Å². The van der Waals surface area contributed by atoms with Gasteiger partial charge in [0.05, 0.1) is 38.5 Å². The molecule has 0 aliphatic rings. The lowest BCUT2D eigenvalue weighted by Gasteiger charge is -2.21. The van der Waals surface area contributed by atoms with Crippen LogP contribution < -0.4 is 5.32 Å². The normalized spacial score (nSPS) is 13.1. The van der Waals surface area contributed by atoms with Crippen molar-refractivity contribution in [1.82, 2.24) is 20.1 Å². The predicted octanol–water partition coefficient (Wildman–Crippen LogP) is 4.08. The van der Waals surface area contributed by atoms with Crippen molar-refractivity contribution in [2.24, 2.45) is 0 Å². The van der Waals surface area contributed by atoms with E-state index in [-0.39, 0.29) is 6.04 Å². The van der Waals surface area contributed by atoms with Crippen LogP contribution in [0.2, 0.25) is 0 Å². The topological polar surface area (TPSA) is 42.7 Å². The zero-order chi connectivity index (χ0) is 14.7. The largest absolute Gasteiger partial charge is 0.304 e. The lowest BCUT2D eigenvalue weighted by molar-refractivity contribution is 0.472. The Hall–Kier alpha value is -0.720. The molecule has 2 rings (SSSR count).